The molecular weight excluding hydrogens is 344 g/mol. The number of carbonyl (C=O) groups is 1. The summed E-state index contributed by atoms with van der Waals surface area (Å²) in [4.78, 5) is 18.3. The number of hydrogen-bond donors (Lipinski definition) is 2. The number of benzene rings is 1. The molecule has 0 aliphatic carbocycles. The molecule has 2 aromatic rings. The largest absolute Gasteiger partial charge is 0.322 e. The number of sulfonamides is 1. The minimum absolute atomic E-state index is 0.253. The average Bonchev–Trinajstić information content (AvgIpc) is 3.01. The van der Waals surface area contributed by atoms with Gasteiger partial charge in [0.05, 0.1) is 6.26 Å². The van der Waals surface area contributed by atoms with Crippen molar-refractivity contribution in [1.82, 2.24) is 24.4 Å². The fourth-order valence-corrected chi connectivity index (χ4v) is 3.46. The Bertz CT molecular complexity index is 871. The van der Waals surface area contributed by atoms with Gasteiger partial charge in [0.2, 0.25) is 10.0 Å². The Morgan fingerprint density at radius 2 is 1.96 bits per heavy atom. The molecule has 0 radical (unpaired) electrons. The maximum Gasteiger partial charge on any atom is 0.321 e. The highest BCUT2D eigenvalue weighted by molar-refractivity contribution is 7.88. The molecule has 134 valence electrons. The van der Waals surface area contributed by atoms with Crippen LogP contribution in [0.1, 0.15) is 5.82 Å². The number of amides is 2. The van der Waals surface area contributed by atoms with Crippen LogP contribution < -0.4 is 5.32 Å². The van der Waals surface area contributed by atoms with Crippen LogP contribution in [-0.2, 0) is 10.0 Å². The third-order valence-electron chi connectivity index (χ3n) is 3.96. The van der Waals surface area contributed by atoms with E-state index in [1.165, 1.54) is 10.6 Å². The molecule has 2 N–H and O–H groups in total. The lowest BCUT2D eigenvalue weighted by Crippen LogP contribution is -2.51. The van der Waals surface area contributed by atoms with Gasteiger partial charge in [-0.2, -0.15) is 9.40 Å². The van der Waals surface area contributed by atoms with E-state index in [2.05, 4.69) is 20.5 Å². The number of aromatic nitrogens is 3. The normalized spacial score (nSPS) is 16.0. The second-order valence-electron chi connectivity index (χ2n) is 5.90. The lowest BCUT2D eigenvalue weighted by atomic mass is 10.2. The van der Waals surface area contributed by atoms with Gasteiger partial charge in [0, 0.05) is 37.4 Å². The van der Waals surface area contributed by atoms with Gasteiger partial charge in [0.1, 0.15) is 5.82 Å². The van der Waals surface area contributed by atoms with E-state index in [1.807, 2.05) is 19.1 Å². The standard InChI is InChI=1S/C15H20N6O3S/c1-11-16-14(19-18-11)12-4-3-5-13(10-12)17-15(22)20-6-8-21(9-7-20)25(2,23)24/h3-5,10H,6-9H2,1-2H3,(H,17,22)(H,16,18,19). The van der Waals surface area contributed by atoms with Crippen LogP contribution in [0.25, 0.3) is 11.4 Å². The first-order valence-corrected chi connectivity index (χ1v) is 9.68. The van der Waals surface area contributed by atoms with E-state index in [-0.39, 0.29) is 6.03 Å². The van der Waals surface area contributed by atoms with Crippen LogP contribution in [0.3, 0.4) is 0 Å². The molecular formula is C15H20N6O3S. The van der Waals surface area contributed by atoms with Gasteiger partial charge in [-0.05, 0) is 19.1 Å². The van der Waals surface area contributed by atoms with Crippen molar-refractivity contribution in [2.24, 2.45) is 0 Å². The van der Waals surface area contributed by atoms with Gasteiger partial charge in [0.25, 0.3) is 0 Å². The summed E-state index contributed by atoms with van der Waals surface area (Å²) in [5.74, 6) is 1.28. The van der Waals surface area contributed by atoms with Crippen LogP contribution in [0.4, 0.5) is 10.5 Å². The highest BCUT2D eigenvalue weighted by Gasteiger charge is 2.26. The van der Waals surface area contributed by atoms with Crippen LogP contribution in [0.15, 0.2) is 24.3 Å². The maximum absolute atomic E-state index is 12.4. The zero-order valence-electron chi connectivity index (χ0n) is 14.1. The van der Waals surface area contributed by atoms with E-state index in [9.17, 15) is 13.2 Å². The molecule has 1 saturated heterocycles. The van der Waals surface area contributed by atoms with Gasteiger partial charge in [0.15, 0.2) is 5.82 Å². The van der Waals surface area contributed by atoms with E-state index < -0.39 is 10.0 Å². The summed E-state index contributed by atoms with van der Waals surface area (Å²) in [5.41, 5.74) is 1.43. The third kappa shape index (κ3) is 4.15. The zero-order valence-corrected chi connectivity index (χ0v) is 14.9. The Balaban J connectivity index is 1.64. The van der Waals surface area contributed by atoms with Crippen LogP contribution in [0.5, 0.6) is 0 Å². The van der Waals surface area contributed by atoms with Crippen molar-refractivity contribution >= 4 is 21.7 Å². The Hall–Kier alpha value is -2.46. The van der Waals surface area contributed by atoms with E-state index in [1.54, 1.807) is 17.0 Å². The molecule has 25 heavy (non-hydrogen) atoms. The molecule has 0 atom stereocenters. The van der Waals surface area contributed by atoms with Crippen LogP contribution in [0, 0.1) is 6.92 Å². The van der Waals surface area contributed by atoms with Crippen molar-refractivity contribution in [3.8, 4) is 11.4 Å². The Kier molecular flexibility index (Phi) is 4.73. The highest BCUT2D eigenvalue weighted by Crippen LogP contribution is 2.20. The van der Waals surface area contributed by atoms with Gasteiger partial charge in [-0.1, -0.05) is 12.1 Å². The van der Waals surface area contributed by atoms with Crippen molar-refractivity contribution in [3.63, 3.8) is 0 Å². The fourth-order valence-electron chi connectivity index (χ4n) is 2.63. The molecule has 2 heterocycles. The average molecular weight is 364 g/mol. The molecule has 0 spiro atoms. The number of nitrogens with zero attached hydrogens (tertiary/aromatic N) is 4. The minimum Gasteiger partial charge on any atom is -0.322 e. The summed E-state index contributed by atoms with van der Waals surface area (Å²) in [6.07, 6.45) is 1.18. The second kappa shape index (κ2) is 6.81. The maximum atomic E-state index is 12.4. The Labute approximate surface area is 146 Å². The number of anilines is 1. The highest BCUT2D eigenvalue weighted by atomic mass is 32.2. The molecule has 9 nitrogen and oxygen atoms in total. The number of aryl methyl sites for hydroxylation is 1. The van der Waals surface area contributed by atoms with E-state index in [0.29, 0.717) is 43.5 Å². The first kappa shape index (κ1) is 17.4. The number of aromatic amines is 1. The van der Waals surface area contributed by atoms with Crippen LogP contribution in [-0.4, -0.2) is 71.3 Å². The summed E-state index contributed by atoms with van der Waals surface area (Å²) >= 11 is 0. The monoisotopic (exact) mass is 364 g/mol. The molecule has 3 rings (SSSR count). The smallest absolute Gasteiger partial charge is 0.321 e. The predicted octanol–water partition coefficient (Wildman–Crippen LogP) is 0.889. The third-order valence-corrected chi connectivity index (χ3v) is 5.27. The molecule has 0 unspecified atom stereocenters. The van der Waals surface area contributed by atoms with Crippen molar-refractivity contribution in [2.75, 3.05) is 37.8 Å². The molecule has 1 aromatic carbocycles. The van der Waals surface area contributed by atoms with Crippen molar-refractivity contribution in [3.05, 3.63) is 30.1 Å². The molecule has 1 aliphatic heterocycles. The van der Waals surface area contributed by atoms with E-state index >= 15 is 0 Å². The van der Waals surface area contributed by atoms with Gasteiger partial charge in [-0.15, -0.1) is 0 Å². The van der Waals surface area contributed by atoms with Crippen LogP contribution >= 0.6 is 0 Å². The Morgan fingerprint density at radius 1 is 1.24 bits per heavy atom. The molecule has 2 amide bonds. The molecule has 10 heteroatoms. The van der Waals surface area contributed by atoms with Crippen LogP contribution in [0.2, 0.25) is 0 Å². The fraction of sp³-hybridized carbons (Fsp3) is 0.400. The number of carbonyl (C=O) groups excluding carboxylic acids is 1. The SMILES string of the molecule is Cc1nc(-c2cccc(NC(=O)N3CCN(S(C)(=O)=O)CC3)c2)n[nH]1. The number of urea groups is 1. The van der Waals surface area contributed by atoms with Gasteiger partial charge in [-0.3, -0.25) is 5.10 Å². The molecule has 0 bridgehead atoms. The lowest BCUT2D eigenvalue weighted by Gasteiger charge is -2.33. The summed E-state index contributed by atoms with van der Waals surface area (Å²) in [6, 6.07) is 7.01. The van der Waals surface area contributed by atoms with Crippen molar-refractivity contribution < 1.29 is 13.2 Å². The number of hydrogen-bond acceptors (Lipinski definition) is 5. The summed E-state index contributed by atoms with van der Waals surface area (Å²) in [6.45, 7) is 3.15. The molecule has 1 aliphatic rings. The molecule has 1 aromatic heterocycles. The predicted molar refractivity (Wildman–Crippen MR) is 93.6 cm³/mol. The number of piperazine rings is 1. The number of nitrogens with one attached hydrogen (secondary N) is 2. The summed E-state index contributed by atoms with van der Waals surface area (Å²) in [7, 11) is -3.21. The lowest BCUT2D eigenvalue weighted by molar-refractivity contribution is 0.184. The van der Waals surface area contributed by atoms with E-state index in [0.717, 1.165) is 5.56 Å². The van der Waals surface area contributed by atoms with E-state index in [4.69, 9.17) is 0 Å². The summed E-state index contributed by atoms with van der Waals surface area (Å²) < 4.78 is 24.4. The van der Waals surface area contributed by atoms with Gasteiger partial charge >= 0.3 is 6.03 Å². The number of H-pyrrole nitrogens is 1. The summed E-state index contributed by atoms with van der Waals surface area (Å²) in [5, 5.41) is 9.73. The minimum atomic E-state index is -3.21. The van der Waals surface area contributed by atoms with Gasteiger partial charge < -0.3 is 10.2 Å². The molecule has 1 fully saturated rings. The molecule has 0 saturated carbocycles. The second-order valence-corrected chi connectivity index (χ2v) is 7.89. The number of rotatable bonds is 3. The first-order valence-electron chi connectivity index (χ1n) is 7.83. The zero-order chi connectivity index (χ0) is 18.0. The van der Waals surface area contributed by atoms with Gasteiger partial charge in [-0.25, -0.2) is 18.2 Å². The van der Waals surface area contributed by atoms with Crippen molar-refractivity contribution in [2.45, 2.75) is 6.92 Å². The quantitative estimate of drug-likeness (QED) is 0.840. The topological polar surface area (TPSA) is 111 Å². The van der Waals surface area contributed by atoms with Crippen molar-refractivity contribution in [1.29, 1.82) is 0 Å². The Morgan fingerprint density at radius 3 is 2.56 bits per heavy atom. The first-order chi connectivity index (χ1) is 11.8.